The van der Waals surface area contributed by atoms with Crippen LogP contribution in [0.15, 0.2) is 41.0 Å². The predicted octanol–water partition coefficient (Wildman–Crippen LogP) is 3.20. The first-order chi connectivity index (χ1) is 11.2. The fraction of sp³-hybridized carbons (Fsp3) is 0.389. The van der Waals surface area contributed by atoms with E-state index in [0.717, 1.165) is 23.3 Å². The van der Waals surface area contributed by atoms with Crippen LogP contribution in [0.2, 0.25) is 0 Å². The number of carbonyl (C=O) groups excluding carboxylic acids is 1. The summed E-state index contributed by atoms with van der Waals surface area (Å²) >= 11 is 0. The molecule has 1 heterocycles. The lowest BCUT2D eigenvalue weighted by molar-refractivity contribution is -0.129. The summed E-state index contributed by atoms with van der Waals surface area (Å²) in [6.45, 7) is 3.28. The molecule has 0 saturated heterocycles. The lowest BCUT2D eigenvalue weighted by Gasteiger charge is -2.25. The van der Waals surface area contributed by atoms with Crippen molar-refractivity contribution in [3.8, 4) is 5.75 Å². The molecule has 0 atom stereocenters. The topological polar surface area (TPSA) is 65.8 Å². The second kappa shape index (κ2) is 8.27. The lowest BCUT2D eigenvalue weighted by Crippen LogP contribution is -2.30. The van der Waals surface area contributed by atoms with Crippen molar-refractivity contribution in [1.29, 1.82) is 5.41 Å². The van der Waals surface area contributed by atoms with E-state index in [9.17, 15) is 4.79 Å². The van der Waals surface area contributed by atoms with E-state index in [0.29, 0.717) is 31.6 Å². The SMILES string of the molecule is CCC/N=C(\C=N)C1=CN(Cc2ccc(OC)cc2)C(=O)CC1. The maximum atomic E-state index is 12.2. The van der Waals surface area contributed by atoms with E-state index in [-0.39, 0.29) is 5.91 Å². The van der Waals surface area contributed by atoms with Crippen LogP contribution in [0.3, 0.4) is 0 Å². The second-order valence-corrected chi connectivity index (χ2v) is 5.44. The number of nitrogens with zero attached hydrogens (tertiary/aromatic N) is 2. The van der Waals surface area contributed by atoms with E-state index in [2.05, 4.69) is 11.9 Å². The predicted molar refractivity (Wildman–Crippen MR) is 92.2 cm³/mol. The molecule has 1 aliphatic rings. The molecule has 0 aromatic heterocycles. The molecule has 0 unspecified atom stereocenters. The van der Waals surface area contributed by atoms with Crippen molar-refractivity contribution < 1.29 is 9.53 Å². The van der Waals surface area contributed by atoms with Gasteiger partial charge in [-0.1, -0.05) is 19.1 Å². The average molecular weight is 313 g/mol. The maximum Gasteiger partial charge on any atom is 0.227 e. The van der Waals surface area contributed by atoms with Crippen molar-refractivity contribution in [2.75, 3.05) is 13.7 Å². The van der Waals surface area contributed by atoms with Crippen LogP contribution in [0, 0.1) is 5.41 Å². The molecule has 1 aliphatic heterocycles. The van der Waals surface area contributed by atoms with Crippen molar-refractivity contribution >= 4 is 17.8 Å². The molecule has 0 radical (unpaired) electrons. The van der Waals surface area contributed by atoms with Crippen LogP contribution in [0.1, 0.15) is 31.7 Å². The molecular weight excluding hydrogens is 290 g/mol. The number of carbonyl (C=O) groups is 1. The largest absolute Gasteiger partial charge is 0.497 e. The number of rotatable bonds is 7. The molecule has 1 aromatic rings. The van der Waals surface area contributed by atoms with Gasteiger partial charge in [0.05, 0.1) is 19.4 Å². The number of nitrogens with one attached hydrogen (secondary N) is 1. The first-order valence-corrected chi connectivity index (χ1v) is 7.86. The summed E-state index contributed by atoms with van der Waals surface area (Å²) in [5.74, 6) is 0.900. The summed E-state index contributed by atoms with van der Waals surface area (Å²) in [5, 5.41) is 7.54. The van der Waals surface area contributed by atoms with Gasteiger partial charge in [-0.3, -0.25) is 9.79 Å². The standard InChI is InChI=1S/C18H23N3O2/c1-3-10-20-17(11-19)15-6-9-18(22)21(13-15)12-14-4-7-16(23-2)8-5-14/h4-5,7-8,11,13,19H,3,6,9-10,12H2,1-2H3/b19-11?,20-17+. The number of amides is 1. The molecule has 1 amide bonds. The Bertz CT molecular complexity index is 618. The van der Waals surface area contributed by atoms with Gasteiger partial charge in [0.2, 0.25) is 5.91 Å². The smallest absolute Gasteiger partial charge is 0.227 e. The zero-order valence-electron chi connectivity index (χ0n) is 13.7. The molecule has 1 aromatic carbocycles. The van der Waals surface area contributed by atoms with Gasteiger partial charge in [-0.2, -0.15) is 0 Å². The fourth-order valence-electron chi connectivity index (χ4n) is 2.44. The van der Waals surface area contributed by atoms with Crippen LogP contribution in [-0.4, -0.2) is 36.4 Å². The van der Waals surface area contributed by atoms with Crippen LogP contribution in [0.4, 0.5) is 0 Å². The van der Waals surface area contributed by atoms with Gasteiger partial charge in [-0.05, 0) is 36.1 Å². The maximum absolute atomic E-state index is 12.2. The van der Waals surface area contributed by atoms with E-state index in [1.807, 2.05) is 30.5 Å². The number of methoxy groups -OCH3 is 1. The molecule has 122 valence electrons. The Morgan fingerprint density at radius 2 is 2.09 bits per heavy atom. The molecule has 2 rings (SSSR count). The zero-order valence-corrected chi connectivity index (χ0v) is 13.7. The van der Waals surface area contributed by atoms with Crippen LogP contribution in [-0.2, 0) is 11.3 Å². The van der Waals surface area contributed by atoms with Gasteiger partial charge in [0.25, 0.3) is 0 Å². The number of hydrogen-bond acceptors (Lipinski definition) is 4. The lowest BCUT2D eigenvalue weighted by atomic mass is 10.0. The average Bonchev–Trinajstić information content (AvgIpc) is 2.59. The summed E-state index contributed by atoms with van der Waals surface area (Å²) in [6.07, 6.45) is 5.18. The number of hydrogen-bond donors (Lipinski definition) is 1. The van der Waals surface area contributed by atoms with Gasteiger partial charge < -0.3 is 15.0 Å². The third-order valence-electron chi connectivity index (χ3n) is 3.72. The van der Waals surface area contributed by atoms with Crippen molar-refractivity contribution in [3.05, 3.63) is 41.6 Å². The Morgan fingerprint density at radius 3 is 2.70 bits per heavy atom. The van der Waals surface area contributed by atoms with Gasteiger partial charge in [-0.15, -0.1) is 0 Å². The highest BCUT2D eigenvalue weighted by Gasteiger charge is 2.20. The molecular formula is C18H23N3O2. The Balaban J connectivity index is 2.16. The molecule has 23 heavy (non-hydrogen) atoms. The monoisotopic (exact) mass is 313 g/mol. The van der Waals surface area contributed by atoms with Crippen LogP contribution < -0.4 is 4.74 Å². The van der Waals surface area contributed by atoms with Gasteiger partial charge >= 0.3 is 0 Å². The fourth-order valence-corrected chi connectivity index (χ4v) is 2.44. The molecule has 1 N–H and O–H groups in total. The number of ether oxygens (including phenoxy) is 1. The van der Waals surface area contributed by atoms with Crippen molar-refractivity contribution in [3.63, 3.8) is 0 Å². The Morgan fingerprint density at radius 1 is 1.35 bits per heavy atom. The third kappa shape index (κ3) is 4.52. The summed E-state index contributed by atoms with van der Waals surface area (Å²) in [4.78, 5) is 18.3. The quantitative estimate of drug-likeness (QED) is 0.786. The van der Waals surface area contributed by atoms with Crippen molar-refractivity contribution in [2.24, 2.45) is 4.99 Å². The van der Waals surface area contributed by atoms with Gasteiger partial charge in [-0.25, -0.2) is 0 Å². The minimum Gasteiger partial charge on any atom is -0.497 e. The molecule has 0 saturated carbocycles. The Labute approximate surface area is 137 Å². The number of aliphatic imine (C=N–C) groups is 1. The molecule has 0 fully saturated rings. The number of benzene rings is 1. The molecule has 0 bridgehead atoms. The summed E-state index contributed by atoms with van der Waals surface area (Å²) in [7, 11) is 1.63. The van der Waals surface area contributed by atoms with Crippen LogP contribution in [0.25, 0.3) is 0 Å². The number of allylic oxidation sites excluding steroid dienone is 1. The highest BCUT2D eigenvalue weighted by Crippen LogP contribution is 2.20. The van der Waals surface area contributed by atoms with Gasteiger partial charge in [0.15, 0.2) is 0 Å². The normalized spacial score (nSPS) is 15.4. The minimum absolute atomic E-state index is 0.101. The molecule has 0 spiro atoms. The van der Waals surface area contributed by atoms with Crippen molar-refractivity contribution in [1.82, 2.24) is 4.90 Å². The van der Waals surface area contributed by atoms with Gasteiger partial charge in [0, 0.05) is 25.4 Å². The Kier molecular flexibility index (Phi) is 6.09. The molecule has 5 nitrogen and oxygen atoms in total. The van der Waals surface area contributed by atoms with E-state index >= 15 is 0 Å². The van der Waals surface area contributed by atoms with E-state index in [1.165, 1.54) is 6.21 Å². The summed E-state index contributed by atoms with van der Waals surface area (Å²) in [6, 6.07) is 7.69. The summed E-state index contributed by atoms with van der Waals surface area (Å²) in [5.41, 5.74) is 2.68. The first-order valence-electron chi connectivity index (χ1n) is 7.86. The van der Waals surface area contributed by atoms with Crippen molar-refractivity contribution in [2.45, 2.75) is 32.7 Å². The van der Waals surface area contributed by atoms with E-state index in [4.69, 9.17) is 10.1 Å². The van der Waals surface area contributed by atoms with Crippen LogP contribution in [0.5, 0.6) is 5.75 Å². The van der Waals surface area contributed by atoms with Crippen LogP contribution >= 0.6 is 0 Å². The third-order valence-corrected chi connectivity index (χ3v) is 3.72. The van der Waals surface area contributed by atoms with Gasteiger partial charge in [0.1, 0.15) is 5.75 Å². The van der Waals surface area contributed by atoms with E-state index < -0.39 is 0 Å². The molecule has 0 aliphatic carbocycles. The minimum atomic E-state index is 0.101. The molecule has 5 heteroatoms. The second-order valence-electron chi connectivity index (χ2n) is 5.44. The summed E-state index contributed by atoms with van der Waals surface area (Å²) < 4.78 is 5.15. The highest BCUT2D eigenvalue weighted by molar-refractivity contribution is 6.37. The first kappa shape index (κ1) is 16.9. The Hall–Kier alpha value is -2.43. The zero-order chi connectivity index (χ0) is 16.7. The van der Waals surface area contributed by atoms with E-state index in [1.54, 1.807) is 12.0 Å². The highest BCUT2D eigenvalue weighted by atomic mass is 16.5.